The zero-order valence-electron chi connectivity index (χ0n) is 9.27. The van der Waals surface area contributed by atoms with Crippen LogP contribution in [-0.4, -0.2) is 45.7 Å². The van der Waals surface area contributed by atoms with E-state index in [1.165, 1.54) is 7.11 Å². The molecule has 0 spiro atoms. The van der Waals surface area contributed by atoms with E-state index in [0.717, 1.165) is 0 Å². The predicted molar refractivity (Wildman–Crippen MR) is 56.7 cm³/mol. The number of carbonyl (C=O) groups is 1. The van der Waals surface area contributed by atoms with Crippen LogP contribution in [0.5, 0.6) is 0 Å². The van der Waals surface area contributed by atoms with Crippen LogP contribution < -0.4 is 0 Å². The molecular weight excluding hydrogens is 232 g/mol. The zero-order valence-corrected chi connectivity index (χ0v) is 10.1. The van der Waals surface area contributed by atoms with Gasteiger partial charge >= 0.3 is 5.97 Å². The summed E-state index contributed by atoms with van der Waals surface area (Å²) in [5.74, 6) is -0.137. The molecule has 5 nitrogen and oxygen atoms in total. The van der Waals surface area contributed by atoms with Crippen molar-refractivity contribution in [1.82, 2.24) is 0 Å². The summed E-state index contributed by atoms with van der Waals surface area (Å²) in [5.41, 5.74) is -0.638. The lowest BCUT2D eigenvalue weighted by molar-refractivity contribution is -0.154. The van der Waals surface area contributed by atoms with E-state index in [2.05, 4.69) is 0 Å². The number of methoxy groups -OCH3 is 1. The van der Waals surface area contributed by atoms with Crippen LogP contribution in [-0.2, 0) is 24.1 Å². The average Bonchev–Trinajstić information content (AvgIpc) is 3.04. The molecule has 0 bridgehead atoms. The van der Waals surface area contributed by atoms with Crippen molar-refractivity contribution in [1.29, 1.82) is 0 Å². The van der Waals surface area contributed by atoms with Crippen LogP contribution >= 0.6 is 0 Å². The van der Waals surface area contributed by atoms with Gasteiger partial charge in [-0.05, 0) is 19.3 Å². The summed E-state index contributed by atoms with van der Waals surface area (Å²) in [6, 6.07) is 0. The number of rotatable bonds is 3. The number of hydrogen-bond donors (Lipinski definition) is 0. The summed E-state index contributed by atoms with van der Waals surface area (Å²) in [6.45, 7) is 0.672. The Hall–Kier alpha value is -0.620. The summed E-state index contributed by atoms with van der Waals surface area (Å²) < 4.78 is 32.7. The van der Waals surface area contributed by atoms with Crippen LogP contribution in [0, 0.1) is 5.41 Å². The molecule has 0 amide bonds. The Morgan fingerprint density at radius 1 is 1.44 bits per heavy atom. The number of sulfone groups is 1. The number of esters is 1. The third-order valence-electron chi connectivity index (χ3n) is 3.42. The fourth-order valence-electron chi connectivity index (χ4n) is 2.26. The van der Waals surface area contributed by atoms with Crippen molar-refractivity contribution in [3.8, 4) is 0 Å². The van der Waals surface area contributed by atoms with E-state index >= 15 is 0 Å². The lowest BCUT2D eigenvalue weighted by Crippen LogP contribution is -2.41. The van der Waals surface area contributed by atoms with Crippen molar-refractivity contribution in [2.24, 2.45) is 5.41 Å². The Balaban J connectivity index is 2.12. The Bertz CT molecular complexity index is 368. The standard InChI is InChI=1S/C10H16O5S/c1-14-9(11)10(6-8-7-15-8)2-4-16(12,13)5-3-10/h8H,2-7H2,1H3. The fourth-order valence-corrected chi connectivity index (χ4v) is 3.87. The highest BCUT2D eigenvalue weighted by atomic mass is 32.2. The van der Waals surface area contributed by atoms with E-state index in [-0.39, 0.29) is 23.6 Å². The fraction of sp³-hybridized carbons (Fsp3) is 0.900. The molecule has 2 fully saturated rings. The Kier molecular flexibility index (Phi) is 2.96. The number of hydrogen-bond acceptors (Lipinski definition) is 5. The van der Waals surface area contributed by atoms with Crippen molar-refractivity contribution in [2.75, 3.05) is 25.2 Å². The number of epoxide rings is 1. The van der Waals surface area contributed by atoms with E-state index in [0.29, 0.717) is 25.9 Å². The summed E-state index contributed by atoms with van der Waals surface area (Å²) in [4.78, 5) is 11.8. The molecule has 0 aliphatic carbocycles. The average molecular weight is 248 g/mol. The molecule has 1 unspecified atom stereocenters. The lowest BCUT2D eigenvalue weighted by Gasteiger charge is -2.33. The minimum Gasteiger partial charge on any atom is -0.469 e. The van der Waals surface area contributed by atoms with Crippen molar-refractivity contribution in [2.45, 2.75) is 25.4 Å². The molecule has 0 aromatic rings. The summed E-state index contributed by atoms with van der Waals surface area (Å²) in [7, 11) is -1.61. The van der Waals surface area contributed by atoms with Crippen LogP contribution in [0.2, 0.25) is 0 Å². The summed E-state index contributed by atoms with van der Waals surface area (Å²) in [6.07, 6.45) is 1.43. The van der Waals surface area contributed by atoms with Gasteiger partial charge in [0.25, 0.3) is 0 Å². The highest BCUT2D eigenvalue weighted by molar-refractivity contribution is 7.91. The second-order valence-electron chi connectivity index (χ2n) is 4.58. The smallest absolute Gasteiger partial charge is 0.311 e. The molecule has 92 valence electrons. The molecule has 2 heterocycles. The number of ether oxygens (including phenoxy) is 2. The Morgan fingerprint density at radius 3 is 2.44 bits per heavy atom. The molecule has 2 saturated heterocycles. The molecule has 6 heteroatoms. The first kappa shape index (κ1) is 11.9. The maximum absolute atomic E-state index is 11.8. The normalized spacial score (nSPS) is 30.7. The summed E-state index contributed by atoms with van der Waals surface area (Å²) >= 11 is 0. The first-order valence-corrected chi connectivity index (χ1v) is 7.20. The van der Waals surface area contributed by atoms with Gasteiger partial charge in [0.15, 0.2) is 0 Å². The van der Waals surface area contributed by atoms with Crippen molar-refractivity contribution in [3.05, 3.63) is 0 Å². The van der Waals surface area contributed by atoms with E-state index in [1.54, 1.807) is 0 Å². The van der Waals surface area contributed by atoms with Gasteiger partial charge in [-0.25, -0.2) is 8.42 Å². The van der Waals surface area contributed by atoms with Gasteiger partial charge in [0.05, 0.1) is 36.7 Å². The minimum absolute atomic E-state index is 0.0782. The zero-order chi connectivity index (χ0) is 11.8. The van der Waals surface area contributed by atoms with Crippen molar-refractivity contribution >= 4 is 15.8 Å². The van der Waals surface area contributed by atoms with Gasteiger partial charge in [0.2, 0.25) is 0 Å². The van der Waals surface area contributed by atoms with E-state index in [9.17, 15) is 13.2 Å². The third-order valence-corrected chi connectivity index (χ3v) is 5.07. The largest absolute Gasteiger partial charge is 0.469 e. The second kappa shape index (κ2) is 4.00. The lowest BCUT2D eigenvalue weighted by atomic mass is 9.78. The SMILES string of the molecule is COC(=O)C1(CC2CO2)CCS(=O)(=O)CC1. The first-order valence-electron chi connectivity index (χ1n) is 5.38. The molecule has 0 aromatic heterocycles. The van der Waals surface area contributed by atoms with E-state index < -0.39 is 15.3 Å². The molecule has 0 radical (unpaired) electrons. The van der Waals surface area contributed by atoms with Crippen LogP contribution in [0.4, 0.5) is 0 Å². The van der Waals surface area contributed by atoms with E-state index in [4.69, 9.17) is 9.47 Å². The van der Waals surface area contributed by atoms with Gasteiger partial charge in [-0.3, -0.25) is 4.79 Å². The molecule has 0 N–H and O–H groups in total. The van der Waals surface area contributed by atoms with E-state index in [1.807, 2.05) is 0 Å². The third kappa shape index (κ3) is 2.38. The van der Waals surface area contributed by atoms with Gasteiger partial charge in [-0.15, -0.1) is 0 Å². The molecule has 0 saturated carbocycles. The second-order valence-corrected chi connectivity index (χ2v) is 6.89. The van der Waals surface area contributed by atoms with Gasteiger partial charge < -0.3 is 9.47 Å². The monoisotopic (exact) mass is 248 g/mol. The molecular formula is C10H16O5S. The van der Waals surface area contributed by atoms with Gasteiger partial charge in [-0.1, -0.05) is 0 Å². The van der Waals surface area contributed by atoms with Gasteiger partial charge in [0, 0.05) is 0 Å². The topological polar surface area (TPSA) is 73.0 Å². The molecule has 2 aliphatic heterocycles. The highest BCUT2D eigenvalue weighted by Gasteiger charge is 2.48. The molecule has 0 aromatic carbocycles. The van der Waals surface area contributed by atoms with Crippen molar-refractivity contribution in [3.63, 3.8) is 0 Å². The molecule has 2 aliphatic rings. The molecule has 16 heavy (non-hydrogen) atoms. The Morgan fingerprint density at radius 2 is 2.00 bits per heavy atom. The van der Waals surface area contributed by atoms with Crippen LogP contribution in [0.3, 0.4) is 0 Å². The maximum Gasteiger partial charge on any atom is 0.311 e. The first-order chi connectivity index (χ1) is 7.47. The minimum atomic E-state index is -2.96. The van der Waals surface area contributed by atoms with Gasteiger partial charge in [-0.2, -0.15) is 0 Å². The Labute approximate surface area is 95.0 Å². The summed E-state index contributed by atoms with van der Waals surface area (Å²) in [5, 5.41) is 0. The van der Waals surface area contributed by atoms with Crippen LogP contribution in [0.15, 0.2) is 0 Å². The van der Waals surface area contributed by atoms with Gasteiger partial charge in [0.1, 0.15) is 9.84 Å². The van der Waals surface area contributed by atoms with Crippen molar-refractivity contribution < 1.29 is 22.7 Å². The highest BCUT2D eigenvalue weighted by Crippen LogP contribution is 2.41. The molecule has 1 atom stereocenters. The maximum atomic E-state index is 11.8. The predicted octanol–water partition coefficient (Wildman–Crippen LogP) is 0.143. The van der Waals surface area contributed by atoms with Crippen LogP contribution in [0.1, 0.15) is 19.3 Å². The number of carbonyl (C=O) groups excluding carboxylic acids is 1. The molecule has 2 rings (SSSR count). The van der Waals surface area contributed by atoms with Crippen LogP contribution in [0.25, 0.3) is 0 Å². The quantitative estimate of drug-likeness (QED) is 0.525.